The van der Waals surface area contributed by atoms with Gasteiger partial charge in [-0.2, -0.15) is 11.8 Å². The molecule has 1 saturated carbocycles. The van der Waals surface area contributed by atoms with Crippen molar-refractivity contribution in [3.8, 4) is 0 Å². The first-order valence-electron chi connectivity index (χ1n) is 5.82. The SMILES string of the molecule is CSCCNC(=O)C1(c2ccc(N)cc2)CC1. The van der Waals surface area contributed by atoms with E-state index in [1.807, 2.05) is 30.5 Å². The van der Waals surface area contributed by atoms with Crippen LogP contribution in [-0.4, -0.2) is 24.5 Å². The van der Waals surface area contributed by atoms with Gasteiger partial charge in [-0.1, -0.05) is 12.1 Å². The van der Waals surface area contributed by atoms with Crippen LogP contribution in [0.15, 0.2) is 24.3 Å². The summed E-state index contributed by atoms with van der Waals surface area (Å²) >= 11 is 1.74. The van der Waals surface area contributed by atoms with Gasteiger partial charge in [0.05, 0.1) is 5.41 Å². The third kappa shape index (κ3) is 2.57. The summed E-state index contributed by atoms with van der Waals surface area (Å²) < 4.78 is 0. The number of benzene rings is 1. The molecule has 0 heterocycles. The van der Waals surface area contributed by atoms with E-state index in [0.29, 0.717) is 0 Å². The summed E-state index contributed by atoms with van der Waals surface area (Å²) in [5.41, 5.74) is 7.22. The molecule has 0 bridgehead atoms. The van der Waals surface area contributed by atoms with Gasteiger partial charge in [0.15, 0.2) is 0 Å². The lowest BCUT2D eigenvalue weighted by Crippen LogP contribution is -2.36. The average molecular weight is 250 g/mol. The van der Waals surface area contributed by atoms with Crippen molar-refractivity contribution >= 4 is 23.4 Å². The van der Waals surface area contributed by atoms with Crippen LogP contribution in [0, 0.1) is 0 Å². The van der Waals surface area contributed by atoms with Crippen LogP contribution in [-0.2, 0) is 10.2 Å². The summed E-state index contributed by atoms with van der Waals surface area (Å²) in [6.07, 6.45) is 3.93. The fraction of sp³-hybridized carbons (Fsp3) is 0.462. The summed E-state index contributed by atoms with van der Waals surface area (Å²) in [4.78, 5) is 12.1. The van der Waals surface area contributed by atoms with Gasteiger partial charge in [-0.25, -0.2) is 0 Å². The van der Waals surface area contributed by atoms with E-state index in [1.54, 1.807) is 11.8 Å². The number of amides is 1. The van der Waals surface area contributed by atoms with Gasteiger partial charge in [-0.3, -0.25) is 4.79 Å². The molecule has 0 spiro atoms. The standard InChI is InChI=1S/C13H18N2OS/c1-17-9-8-15-12(16)13(6-7-13)10-2-4-11(14)5-3-10/h2-5H,6-9,14H2,1H3,(H,15,16). The number of rotatable bonds is 5. The van der Waals surface area contributed by atoms with Crippen LogP contribution in [0.4, 0.5) is 5.69 Å². The molecule has 1 fully saturated rings. The normalized spacial score (nSPS) is 16.5. The highest BCUT2D eigenvalue weighted by atomic mass is 32.2. The lowest BCUT2D eigenvalue weighted by atomic mass is 9.95. The summed E-state index contributed by atoms with van der Waals surface area (Å²) in [7, 11) is 0. The van der Waals surface area contributed by atoms with E-state index >= 15 is 0 Å². The van der Waals surface area contributed by atoms with Gasteiger partial charge in [0.25, 0.3) is 0 Å². The van der Waals surface area contributed by atoms with Crippen molar-refractivity contribution in [1.82, 2.24) is 5.32 Å². The highest BCUT2D eigenvalue weighted by molar-refractivity contribution is 7.98. The molecule has 0 radical (unpaired) electrons. The number of carbonyl (C=O) groups excluding carboxylic acids is 1. The Bertz CT molecular complexity index is 398. The Morgan fingerprint density at radius 1 is 1.41 bits per heavy atom. The molecule has 0 aliphatic heterocycles. The zero-order valence-electron chi connectivity index (χ0n) is 10.0. The second kappa shape index (κ2) is 5.00. The van der Waals surface area contributed by atoms with E-state index in [2.05, 4.69) is 5.32 Å². The zero-order valence-corrected chi connectivity index (χ0v) is 10.8. The van der Waals surface area contributed by atoms with Crippen molar-refractivity contribution in [1.29, 1.82) is 0 Å². The topological polar surface area (TPSA) is 55.1 Å². The average Bonchev–Trinajstić information content (AvgIpc) is 3.11. The molecule has 2 rings (SSSR count). The van der Waals surface area contributed by atoms with E-state index in [1.165, 1.54) is 0 Å². The number of thioether (sulfide) groups is 1. The molecule has 0 atom stereocenters. The van der Waals surface area contributed by atoms with Crippen LogP contribution in [0.5, 0.6) is 0 Å². The van der Waals surface area contributed by atoms with Crippen LogP contribution in [0.3, 0.4) is 0 Å². The van der Waals surface area contributed by atoms with Crippen molar-refractivity contribution in [3.05, 3.63) is 29.8 Å². The van der Waals surface area contributed by atoms with E-state index in [-0.39, 0.29) is 11.3 Å². The Hall–Kier alpha value is -1.16. The quantitative estimate of drug-likeness (QED) is 0.618. The largest absolute Gasteiger partial charge is 0.399 e. The molecule has 3 N–H and O–H groups in total. The third-order valence-corrected chi connectivity index (χ3v) is 3.85. The van der Waals surface area contributed by atoms with Crippen LogP contribution >= 0.6 is 11.8 Å². The van der Waals surface area contributed by atoms with Crippen LogP contribution in [0.2, 0.25) is 0 Å². The van der Waals surface area contributed by atoms with Gasteiger partial charge < -0.3 is 11.1 Å². The molecule has 92 valence electrons. The monoisotopic (exact) mass is 250 g/mol. The number of nitrogen functional groups attached to an aromatic ring is 1. The lowest BCUT2D eigenvalue weighted by molar-refractivity contribution is -0.123. The minimum Gasteiger partial charge on any atom is -0.399 e. The number of carbonyl (C=O) groups is 1. The summed E-state index contributed by atoms with van der Waals surface area (Å²) in [6, 6.07) is 7.67. The highest BCUT2D eigenvalue weighted by Gasteiger charge is 2.50. The van der Waals surface area contributed by atoms with Crippen molar-refractivity contribution in [2.45, 2.75) is 18.3 Å². The zero-order chi connectivity index (χ0) is 12.3. The fourth-order valence-electron chi connectivity index (χ4n) is 2.01. The van der Waals surface area contributed by atoms with E-state index in [9.17, 15) is 4.79 Å². The van der Waals surface area contributed by atoms with Gasteiger partial charge in [0.2, 0.25) is 5.91 Å². The van der Waals surface area contributed by atoms with Crippen molar-refractivity contribution < 1.29 is 4.79 Å². The first kappa shape index (κ1) is 12.3. The smallest absolute Gasteiger partial charge is 0.230 e. The molecular weight excluding hydrogens is 232 g/mol. The number of anilines is 1. The van der Waals surface area contributed by atoms with Gasteiger partial charge >= 0.3 is 0 Å². The fourth-order valence-corrected chi connectivity index (χ4v) is 2.32. The first-order valence-corrected chi connectivity index (χ1v) is 7.22. The predicted octanol–water partition coefficient (Wildman–Crippen LogP) is 1.78. The summed E-state index contributed by atoms with van der Waals surface area (Å²) in [6.45, 7) is 0.747. The maximum atomic E-state index is 12.1. The molecule has 3 nitrogen and oxygen atoms in total. The number of hydrogen-bond acceptors (Lipinski definition) is 3. The van der Waals surface area contributed by atoms with Gasteiger partial charge in [0, 0.05) is 18.0 Å². The number of hydrogen-bond donors (Lipinski definition) is 2. The molecule has 4 heteroatoms. The predicted molar refractivity (Wildman–Crippen MR) is 73.2 cm³/mol. The van der Waals surface area contributed by atoms with Crippen LogP contribution < -0.4 is 11.1 Å². The maximum absolute atomic E-state index is 12.1. The van der Waals surface area contributed by atoms with Gasteiger partial charge in [-0.05, 0) is 36.8 Å². The second-order valence-corrected chi connectivity index (χ2v) is 5.44. The van der Waals surface area contributed by atoms with Crippen molar-refractivity contribution in [3.63, 3.8) is 0 Å². The molecule has 0 saturated heterocycles. The number of nitrogens with two attached hydrogens (primary N) is 1. The second-order valence-electron chi connectivity index (χ2n) is 4.45. The Balaban J connectivity index is 2.03. The van der Waals surface area contributed by atoms with Crippen molar-refractivity contribution in [2.75, 3.05) is 24.3 Å². The van der Waals surface area contributed by atoms with Crippen LogP contribution in [0.25, 0.3) is 0 Å². The Kier molecular flexibility index (Phi) is 3.62. The molecular formula is C13H18N2OS. The molecule has 1 aromatic rings. The van der Waals surface area contributed by atoms with Crippen LogP contribution in [0.1, 0.15) is 18.4 Å². The lowest BCUT2D eigenvalue weighted by Gasteiger charge is -2.15. The molecule has 1 aliphatic carbocycles. The molecule has 0 aromatic heterocycles. The molecule has 17 heavy (non-hydrogen) atoms. The van der Waals surface area contributed by atoms with E-state index < -0.39 is 0 Å². The van der Waals surface area contributed by atoms with E-state index in [4.69, 9.17) is 5.73 Å². The van der Waals surface area contributed by atoms with Gasteiger partial charge in [-0.15, -0.1) is 0 Å². The summed E-state index contributed by atoms with van der Waals surface area (Å²) in [5.74, 6) is 1.13. The van der Waals surface area contributed by atoms with E-state index in [0.717, 1.165) is 36.4 Å². The maximum Gasteiger partial charge on any atom is 0.230 e. The minimum absolute atomic E-state index is 0.163. The van der Waals surface area contributed by atoms with Gasteiger partial charge in [0.1, 0.15) is 0 Å². The molecule has 1 aromatic carbocycles. The third-order valence-electron chi connectivity index (χ3n) is 3.24. The minimum atomic E-state index is -0.272. The summed E-state index contributed by atoms with van der Waals surface area (Å²) in [5, 5.41) is 3.01. The Morgan fingerprint density at radius 3 is 2.59 bits per heavy atom. The van der Waals surface area contributed by atoms with Crippen molar-refractivity contribution in [2.24, 2.45) is 0 Å². The molecule has 1 amide bonds. The number of nitrogens with one attached hydrogen (secondary N) is 1. The highest BCUT2D eigenvalue weighted by Crippen LogP contribution is 2.48. The molecule has 1 aliphatic rings. The Labute approximate surface area is 106 Å². The first-order chi connectivity index (χ1) is 8.19. The Morgan fingerprint density at radius 2 is 2.06 bits per heavy atom. The molecule has 0 unspecified atom stereocenters.